The van der Waals surface area contributed by atoms with Crippen LogP contribution in [-0.4, -0.2) is 13.0 Å². The Morgan fingerprint density at radius 2 is 1.82 bits per heavy atom. The van der Waals surface area contributed by atoms with Crippen molar-refractivity contribution in [1.82, 2.24) is 5.32 Å². The first kappa shape index (κ1) is 15.8. The maximum Gasteiger partial charge on any atom is 0.246 e. The quantitative estimate of drug-likeness (QED) is 0.855. The van der Waals surface area contributed by atoms with Gasteiger partial charge in [-0.3, -0.25) is 4.79 Å². The Labute approximate surface area is 129 Å². The lowest BCUT2D eigenvalue weighted by molar-refractivity contribution is -0.117. The molecule has 2 aromatic carbocycles. The van der Waals surface area contributed by atoms with E-state index in [2.05, 4.69) is 11.9 Å². The van der Waals surface area contributed by atoms with Crippen molar-refractivity contribution in [1.29, 1.82) is 0 Å². The SMILES string of the molecule is C=C(C)C(=O)NCc1ccc(-c2ccc(OC)c(F)c2)cc1. The molecule has 0 bridgehead atoms. The Bertz CT molecular complexity index is 693. The molecule has 2 aromatic rings. The van der Waals surface area contributed by atoms with Gasteiger partial charge in [-0.1, -0.05) is 36.9 Å². The number of hydrogen-bond donors (Lipinski definition) is 1. The Balaban J connectivity index is 2.10. The summed E-state index contributed by atoms with van der Waals surface area (Å²) in [7, 11) is 1.44. The predicted molar refractivity (Wildman–Crippen MR) is 85.0 cm³/mol. The molecule has 2 rings (SSSR count). The van der Waals surface area contributed by atoms with Crippen LogP contribution in [0.25, 0.3) is 11.1 Å². The van der Waals surface area contributed by atoms with Gasteiger partial charge in [0.25, 0.3) is 0 Å². The first-order valence-electron chi connectivity index (χ1n) is 6.88. The summed E-state index contributed by atoms with van der Waals surface area (Å²) >= 11 is 0. The van der Waals surface area contributed by atoms with Crippen LogP contribution in [0.15, 0.2) is 54.6 Å². The zero-order valence-corrected chi connectivity index (χ0v) is 12.7. The van der Waals surface area contributed by atoms with Gasteiger partial charge >= 0.3 is 0 Å². The molecular formula is C18H18FNO2. The molecule has 114 valence electrons. The third-order valence-corrected chi connectivity index (χ3v) is 3.28. The van der Waals surface area contributed by atoms with E-state index in [9.17, 15) is 9.18 Å². The first-order chi connectivity index (χ1) is 10.5. The monoisotopic (exact) mass is 299 g/mol. The topological polar surface area (TPSA) is 38.3 Å². The Morgan fingerprint density at radius 3 is 2.36 bits per heavy atom. The molecule has 0 aliphatic heterocycles. The molecule has 1 N–H and O–H groups in total. The molecule has 3 nitrogen and oxygen atoms in total. The summed E-state index contributed by atoms with van der Waals surface area (Å²) < 4.78 is 18.6. The molecule has 0 aromatic heterocycles. The number of methoxy groups -OCH3 is 1. The fourth-order valence-electron chi connectivity index (χ4n) is 1.99. The number of halogens is 1. The molecule has 1 amide bonds. The molecule has 0 aliphatic rings. The summed E-state index contributed by atoms with van der Waals surface area (Å²) in [6.45, 7) is 5.68. The second-order valence-electron chi connectivity index (χ2n) is 5.01. The molecule has 4 heteroatoms. The lowest BCUT2D eigenvalue weighted by Gasteiger charge is -2.08. The fourth-order valence-corrected chi connectivity index (χ4v) is 1.99. The molecule has 0 spiro atoms. The molecule has 0 saturated carbocycles. The van der Waals surface area contributed by atoms with Gasteiger partial charge in [-0.2, -0.15) is 0 Å². The average molecular weight is 299 g/mol. The highest BCUT2D eigenvalue weighted by atomic mass is 19.1. The highest BCUT2D eigenvalue weighted by molar-refractivity contribution is 5.92. The van der Waals surface area contributed by atoms with E-state index in [-0.39, 0.29) is 11.7 Å². The van der Waals surface area contributed by atoms with Crippen LogP contribution >= 0.6 is 0 Å². The van der Waals surface area contributed by atoms with Crippen molar-refractivity contribution in [3.05, 3.63) is 66.0 Å². The lowest BCUT2D eigenvalue weighted by atomic mass is 10.0. The molecule has 0 radical (unpaired) electrons. The number of amides is 1. The lowest BCUT2D eigenvalue weighted by Crippen LogP contribution is -2.22. The fraction of sp³-hybridized carbons (Fsp3) is 0.167. The highest BCUT2D eigenvalue weighted by Gasteiger charge is 2.06. The summed E-state index contributed by atoms with van der Waals surface area (Å²) in [5, 5.41) is 2.77. The molecular weight excluding hydrogens is 281 g/mol. The summed E-state index contributed by atoms with van der Waals surface area (Å²) in [5.41, 5.74) is 3.12. The van der Waals surface area contributed by atoms with E-state index in [1.54, 1.807) is 19.1 Å². The van der Waals surface area contributed by atoms with Crippen molar-refractivity contribution < 1.29 is 13.9 Å². The number of ether oxygens (including phenoxy) is 1. The maximum atomic E-state index is 13.7. The van der Waals surface area contributed by atoms with Crippen LogP contribution in [0.4, 0.5) is 4.39 Å². The van der Waals surface area contributed by atoms with E-state index in [0.717, 1.165) is 16.7 Å². The number of carbonyl (C=O) groups is 1. The second-order valence-corrected chi connectivity index (χ2v) is 5.01. The van der Waals surface area contributed by atoms with E-state index in [1.807, 2.05) is 24.3 Å². The molecule has 0 heterocycles. The van der Waals surface area contributed by atoms with Crippen molar-refractivity contribution in [2.75, 3.05) is 7.11 Å². The zero-order valence-electron chi connectivity index (χ0n) is 12.7. The van der Waals surface area contributed by atoms with Crippen molar-refractivity contribution in [3.8, 4) is 16.9 Å². The third-order valence-electron chi connectivity index (χ3n) is 3.28. The summed E-state index contributed by atoms with van der Waals surface area (Å²) in [6.07, 6.45) is 0. The van der Waals surface area contributed by atoms with Crippen LogP contribution in [0, 0.1) is 5.82 Å². The zero-order chi connectivity index (χ0) is 16.1. The summed E-state index contributed by atoms with van der Waals surface area (Å²) in [5.74, 6) is -0.332. The smallest absolute Gasteiger partial charge is 0.246 e. The van der Waals surface area contributed by atoms with Gasteiger partial charge in [0.1, 0.15) is 0 Å². The first-order valence-corrected chi connectivity index (χ1v) is 6.88. The van der Waals surface area contributed by atoms with Gasteiger partial charge in [-0.25, -0.2) is 4.39 Å². The van der Waals surface area contributed by atoms with E-state index in [1.165, 1.54) is 13.2 Å². The predicted octanol–water partition coefficient (Wildman–Crippen LogP) is 3.69. The van der Waals surface area contributed by atoms with Gasteiger partial charge in [0.05, 0.1) is 7.11 Å². The summed E-state index contributed by atoms with van der Waals surface area (Å²) in [4.78, 5) is 11.4. The van der Waals surface area contributed by atoms with E-state index < -0.39 is 5.82 Å². The van der Waals surface area contributed by atoms with E-state index in [0.29, 0.717) is 12.1 Å². The van der Waals surface area contributed by atoms with Crippen LogP contribution in [0.2, 0.25) is 0 Å². The average Bonchev–Trinajstić information content (AvgIpc) is 2.52. The minimum Gasteiger partial charge on any atom is -0.494 e. The number of carbonyl (C=O) groups excluding carboxylic acids is 1. The van der Waals surface area contributed by atoms with E-state index in [4.69, 9.17) is 4.74 Å². The van der Waals surface area contributed by atoms with Gasteiger partial charge in [0.2, 0.25) is 5.91 Å². The number of hydrogen-bond acceptors (Lipinski definition) is 2. The van der Waals surface area contributed by atoms with Gasteiger partial charge in [0, 0.05) is 12.1 Å². The maximum absolute atomic E-state index is 13.7. The Hall–Kier alpha value is -2.62. The van der Waals surface area contributed by atoms with Crippen molar-refractivity contribution in [2.24, 2.45) is 0 Å². The van der Waals surface area contributed by atoms with Crippen molar-refractivity contribution in [2.45, 2.75) is 13.5 Å². The van der Waals surface area contributed by atoms with Gasteiger partial charge < -0.3 is 10.1 Å². The third kappa shape index (κ3) is 3.73. The van der Waals surface area contributed by atoms with Gasteiger partial charge in [-0.15, -0.1) is 0 Å². The van der Waals surface area contributed by atoms with Gasteiger partial charge in [-0.05, 0) is 35.7 Å². The number of rotatable bonds is 5. The van der Waals surface area contributed by atoms with Gasteiger partial charge in [0.15, 0.2) is 11.6 Å². The minimum absolute atomic E-state index is 0.165. The summed E-state index contributed by atoms with van der Waals surface area (Å²) in [6, 6.07) is 12.4. The van der Waals surface area contributed by atoms with E-state index >= 15 is 0 Å². The minimum atomic E-state index is -0.391. The Kier molecular flexibility index (Phi) is 4.94. The van der Waals surface area contributed by atoms with Crippen LogP contribution in [0.3, 0.4) is 0 Å². The second kappa shape index (κ2) is 6.89. The van der Waals surface area contributed by atoms with Crippen LogP contribution in [0.1, 0.15) is 12.5 Å². The van der Waals surface area contributed by atoms with Crippen LogP contribution in [0.5, 0.6) is 5.75 Å². The molecule has 22 heavy (non-hydrogen) atoms. The molecule has 0 unspecified atom stereocenters. The number of benzene rings is 2. The molecule has 0 aliphatic carbocycles. The Morgan fingerprint density at radius 1 is 1.18 bits per heavy atom. The molecule has 0 fully saturated rings. The largest absolute Gasteiger partial charge is 0.494 e. The van der Waals surface area contributed by atoms with Crippen LogP contribution < -0.4 is 10.1 Å². The van der Waals surface area contributed by atoms with Crippen LogP contribution in [-0.2, 0) is 11.3 Å². The standard InChI is InChI=1S/C18H18FNO2/c1-12(2)18(21)20-11-13-4-6-14(7-5-13)15-8-9-17(22-3)16(19)10-15/h4-10H,1,11H2,2-3H3,(H,20,21). The number of nitrogens with one attached hydrogen (secondary N) is 1. The molecule has 0 saturated heterocycles. The molecule has 0 atom stereocenters. The van der Waals surface area contributed by atoms with Crippen molar-refractivity contribution in [3.63, 3.8) is 0 Å². The normalized spacial score (nSPS) is 10.1. The van der Waals surface area contributed by atoms with Crippen molar-refractivity contribution >= 4 is 5.91 Å². The highest BCUT2D eigenvalue weighted by Crippen LogP contribution is 2.25.